The third-order valence-corrected chi connectivity index (χ3v) is 3.96. The van der Waals surface area contributed by atoms with Crippen molar-refractivity contribution in [3.8, 4) is 0 Å². The summed E-state index contributed by atoms with van der Waals surface area (Å²) in [6.45, 7) is 4.10. The van der Waals surface area contributed by atoms with E-state index in [-0.39, 0.29) is 5.91 Å². The zero-order valence-electron chi connectivity index (χ0n) is 11.3. The molecule has 0 heterocycles. The van der Waals surface area contributed by atoms with Crippen LogP contribution in [0.5, 0.6) is 0 Å². The fourth-order valence-corrected chi connectivity index (χ4v) is 2.41. The van der Waals surface area contributed by atoms with Gasteiger partial charge in [-0.3, -0.25) is 4.79 Å². The standard InChI is InChI=1S/C16H15BrClNO/c1-10-3-4-12(7-11(10)2)8-16(20)19-15-9-13(17)5-6-14(15)18/h3-7,9H,8H2,1-2H3,(H,19,20). The molecule has 0 saturated heterocycles. The maximum Gasteiger partial charge on any atom is 0.228 e. The number of rotatable bonds is 3. The molecule has 20 heavy (non-hydrogen) atoms. The van der Waals surface area contributed by atoms with Gasteiger partial charge in [-0.05, 0) is 48.7 Å². The number of amides is 1. The van der Waals surface area contributed by atoms with Crippen molar-refractivity contribution in [3.63, 3.8) is 0 Å². The van der Waals surface area contributed by atoms with Crippen LogP contribution in [-0.4, -0.2) is 5.91 Å². The maximum absolute atomic E-state index is 12.1. The van der Waals surface area contributed by atoms with Crippen molar-refractivity contribution in [3.05, 3.63) is 62.6 Å². The largest absolute Gasteiger partial charge is 0.324 e. The Balaban J connectivity index is 2.09. The predicted octanol–water partition coefficient (Wildman–Crippen LogP) is 4.90. The lowest BCUT2D eigenvalue weighted by Gasteiger charge is -2.09. The summed E-state index contributed by atoms with van der Waals surface area (Å²) < 4.78 is 0.878. The van der Waals surface area contributed by atoms with Crippen molar-refractivity contribution in [2.45, 2.75) is 20.3 Å². The highest BCUT2D eigenvalue weighted by Crippen LogP contribution is 2.25. The van der Waals surface area contributed by atoms with E-state index in [1.54, 1.807) is 12.1 Å². The number of carbonyl (C=O) groups is 1. The molecule has 1 amide bonds. The van der Waals surface area contributed by atoms with E-state index in [2.05, 4.69) is 28.2 Å². The van der Waals surface area contributed by atoms with Gasteiger partial charge >= 0.3 is 0 Å². The number of anilines is 1. The number of halogens is 2. The molecule has 0 saturated carbocycles. The molecule has 2 nitrogen and oxygen atoms in total. The topological polar surface area (TPSA) is 29.1 Å². The molecule has 0 aliphatic heterocycles. The lowest BCUT2D eigenvalue weighted by atomic mass is 10.0. The smallest absolute Gasteiger partial charge is 0.228 e. The minimum absolute atomic E-state index is 0.0757. The second-order valence-electron chi connectivity index (χ2n) is 4.77. The SMILES string of the molecule is Cc1ccc(CC(=O)Nc2cc(Br)ccc2Cl)cc1C. The van der Waals surface area contributed by atoms with Gasteiger partial charge in [-0.25, -0.2) is 0 Å². The zero-order valence-corrected chi connectivity index (χ0v) is 13.7. The van der Waals surface area contributed by atoms with Gasteiger partial charge in [0.1, 0.15) is 0 Å². The highest BCUT2D eigenvalue weighted by molar-refractivity contribution is 9.10. The average Bonchev–Trinajstić information content (AvgIpc) is 2.38. The van der Waals surface area contributed by atoms with Gasteiger partial charge in [0.05, 0.1) is 17.1 Å². The first kappa shape index (κ1) is 15.1. The Morgan fingerprint density at radius 2 is 1.90 bits per heavy atom. The summed E-state index contributed by atoms with van der Waals surface area (Å²) in [7, 11) is 0. The molecule has 0 radical (unpaired) electrons. The zero-order chi connectivity index (χ0) is 14.7. The van der Waals surface area contributed by atoms with E-state index in [0.717, 1.165) is 10.0 Å². The minimum atomic E-state index is -0.0757. The van der Waals surface area contributed by atoms with Crippen LogP contribution in [0.2, 0.25) is 5.02 Å². The van der Waals surface area contributed by atoms with Crippen molar-refractivity contribution in [1.29, 1.82) is 0 Å². The van der Waals surface area contributed by atoms with Crippen LogP contribution in [0.3, 0.4) is 0 Å². The highest BCUT2D eigenvalue weighted by atomic mass is 79.9. The van der Waals surface area contributed by atoms with Gasteiger partial charge in [-0.15, -0.1) is 0 Å². The van der Waals surface area contributed by atoms with Crippen LogP contribution in [-0.2, 0) is 11.2 Å². The molecule has 2 aromatic rings. The average molecular weight is 353 g/mol. The van der Waals surface area contributed by atoms with E-state index in [1.807, 2.05) is 31.2 Å². The molecular formula is C16H15BrClNO. The summed E-state index contributed by atoms with van der Waals surface area (Å²) in [5.41, 5.74) is 4.03. The van der Waals surface area contributed by atoms with Crippen LogP contribution < -0.4 is 5.32 Å². The van der Waals surface area contributed by atoms with E-state index in [4.69, 9.17) is 11.6 Å². The summed E-state index contributed by atoms with van der Waals surface area (Å²) >= 11 is 9.41. The first-order valence-electron chi connectivity index (χ1n) is 6.27. The van der Waals surface area contributed by atoms with Gasteiger partial charge in [0.15, 0.2) is 0 Å². The first-order chi connectivity index (χ1) is 9.45. The Kier molecular flexibility index (Phi) is 4.84. The maximum atomic E-state index is 12.1. The highest BCUT2D eigenvalue weighted by Gasteiger charge is 2.08. The predicted molar refractivity (Wildman–Crippen MR) is 87.4 cm³/mol. The van der Waals surface area contributed by atoms with E-state index in [0.29, 0.717) is 17.1 Å². The number of carbonyl (C=O) groups excluding carboxylic acids is 1. The van der Waals surface area contributed by atoms with Crippen LogP contribution in [0.25, 0.3) is 0 Å². The Labute approximate surface area is 132 Å². The molecular weight excluding hydrogens is 338 g/mol. The number of hydrogen-bond donors (Lipinski definition) is 1. The molecule has 0 atom stereocenters. The number of aryl methyl sites for hydroxylation is 2. The summed E-state index contributed by atoms with van der Waals surface area (Å²) in [4.78, 5) is 12.1. The van der Waals surface area contributed by atoms with Crippen LogP contribution in [0.4, 0.5) is 5.69 Å². The molecule has 0 bridgehead atoms. The molecule has 0 fully saturated rings. The van der Waals surface area contributed by atoms with Gasteiger partial charge in [-0.2, -0.15) is 0 Å². The van der Waals surface area contributed by atoms with Crippen LogP contribution in [0.1, 0.15) is 16.7 Å². The summed E-state index contributed by atoms with van der Waals surface area (Å²) in [6.07, 6.45) is 0.337. The summed E-state index contributed by atoms with van der Waals surface area (Å²) in [5, 5.41) is 3.36. The van der Waals surface area contributed by atoms with Crippen LogP contribution in [0.15, 0.2) is 40.9 Å². The van der Waals surface area contributed by atoms with Gasteiger partial charge in [0, 0.05) is 4.47 Å². The van der Waals surface area contributed by atoms with E-state index in [9.17, 15) is 4.79 Å². The van der Waals surface area contributed by atoms with Gasteiger partial charge in [0.25, 0.3) is 0 Å². The van der Waals surface area contributed by atoms with Crippen molar-refractivity contribution in [2.24, 2.45) is 0 Å². The van der Waals surface area contributed by atoms with Gasteiger partial charge in [-0.1, -0.05) is 45.7 Å². The number of hydrogen-bond acceptors (Lipinski definition) is 1. The van der Waals surface area contributed by atoms with Crippen LogP contribution in [0, 0.1) is 13.8 Å². The Morgan fingerprint density at radius 3 is 2.60 bits per heavy atom. The molecule has 0 aliphatic carbocycles. The summed E-state index contributed by atoms with van der Waals surface area (Å²) in [5.74, 6) is -0.0757. The normalized spacial score (nSPS) is 10.4. The molecule has 4 heteroatoms. The van der Waals surface area contributed by atoms with Crippen LogP contribution >= 0.6 is 27.5 Å². The first-order valence-corrected chi connectivity index (χ1v) is 7.44. The molecule has 0 aliphatic rings. The number of benzene rings is 2. The third kappa shape index (κ3) is 3.84. The Morgan fingerprint density at radius 1 is 1.15 bits per heavy atom. The van der Waals surface area contributed by atoms with Gasteiger partial charge < -0.3 is 5.32 Å². The number of nitrogens with one attached hydrogen (secondary N) is 1. The van der Waals surface area contributed by atoms with E-state index < -0.39 is 0 Å². The lowest BCUT2D eigenvalue weighted by molar-refractivity contribution is -0.115. The minimum Gasteiger partial charge on any atom is -0.324 e. The molecule has 2 rings (SSSR count). The lowest BCUT2D eigenvalue weighted by Crippen LogP contribution is -2.14. The fraction of sp³-hybridized carbons (Fsp3) is 0.188. The monoisotopic (exact) mass is 351 g/mol. The van der Waals surface area contributed by atoms with Crippen molar-refractivity contribution in [1.82, 2.24) is 0 Å². The third-order valence-electron chi connectivity index (χ3n) is 3.14. The second-order valence-corrected chi connectivity index (χ2v) is 6.09. The quantitative estimate of drug-likeness (QED) is 0.836. The molecule has 0 spiro atoms. The van der Waals surface area contributed by atoms with Gasteiger partial charge in [0.2, 0.25) is 5.91 Å². The Hall–Kier alpha value is -1.32. The van der Waals surface area contributed by atoms with Crippen molar-refractivity contribution >= 4 is 39.1 Å². The molecule has 104 valence electrons. The molecule has 0 aromatic heterocycles. The van der Waals surface area contributed by atoms with E-state index in [1.165, 1.54) is 11.1 Å². The fourth-order valence-electron chi connectivity index (χ4n) is 1.89. The van der Waals surface area contributed by atoms with Crippen molar-refractivity contribution in [2.75, 3.05) is 5.32 Å². The van der Waals surface area contributed by atoms with Crippen molar-refractivity contribution < 1.29 is 4.79 Å². The Bertz CT molecular complexity index is 655. The second kappa shape index (κ2) is 6.42. The molecule has 0 unspecified atom stereocenters. The molecule has 1 N–H and O–H groups in total. The summed E-state index contributed by atoms with van der Waals surface area (Å²) in [6, 6.07) is 11.4. The molecule has 2 aromatic carbocycles. The van der Waals surface area contributed by atoms with E-state index >= 15 is 0 Å².